The van der Waals surface area contributed by atoms with Crippen LogP contribution < -0.4 is 14.8 Å². The fourth-order valence-corrected chi connectivity index (χ4v) is 3.93. The normalized spacial score (nSPS) is 18.3. The molecule has 9 nitrogen and oxygen atoms in total. The lowest BCUT2D eigenvalue weighted by Gasteiger charge is -2.33. The number of morpholine rings is 1. The van der Waals surface area contributed by atoms with Crippen molar-refractivity contribution in [3.8, 4) is 11.5 Å². The van der Waals surface area contributed by atoms with E-state index in [0.29, 0.717) is 36.9 Å². The van der Waals surface area contributed by atoms with Crippen molar-refractivity contribution in [3.05, 3.63) is 17.7 Å². The summed E-state index contributed by atoms with van der Waals surface area (Å²) in [7, 11) is 3.65. The number of likely N-dealkylation sites (N-methyl/N-ethyl adjacent to an activating group) is 1. The molecular formula is C24H40N4O5. The van der Waals surface area contributed by atoms with Crippen molar-refractivity contribution in [1.82, 2.24) is 14.7 Å². The van der Waals surface area contributed by atoms with Gasteiger partial charge in [0.25, 0.3) is 0 Å². The molecule has 2 aliphatic heterocycles. The third-order valence-corrected chi connectivity index (χ3v) is 6.00. The number of rotatable bonds is 8. The molecule has 0 saturated carbocycles. The third-order valence-electron chi connectivity index (χ3n) is 6.00. The van der Waals surface area contributed by atoms with E-state index in [1.54, 1.807) is 7.11 Å². The van der Waals surface area contributed by atoms with Gasteiger partial charge >= 0.3 is 6.03 Å². The summed E-state index contributed by atoms with van der Waals surface area (Å²) in [6, 6.07) is 3.74. The molecule has 3 rings (SSSR count). The van der Waals surface area contributed by atoms with Crippen molar-refractivity contribution in [3.63, 3.8) is 0 Å². The summed E-state index contributed by atoms with van der Waals surface area (Å²) in [5.74, 6) is 1.33. The number of benzene rings is 1. The standard InChI is InChI=1S/C24H40N4O5/c1-24(2,3)20-16-19(32-15-12-27-10-13-31-14-11-27)17-21(22(20)33-18-30-5)25-23(29)28-8-6-26(4)7-9-28/h16-17H,6-15,18H2,1-5H3,(H,25,29). The second-order valence-electron chi connectivity index (χ2n) is 9.67. The minimum atomic E-state index is -0.222. The van der Waals surface area contributed by atoms with Crippen LogP contribution in [0, 0.1) is 0 Å². The van der Waals surface area contributed by atoms with E-state index in [4.69, 9.17) is 18.9 Å². The first kappa shape index (κ1) is 25.6. The highest BCUT2D eigenvalue weighted by Gasteiger charge is 2.26. The largest absolute Gasteiger partial charge is 0.492 e. The summed E-state index contributed by atoms with van der Waals surface area (Å²) in [6.07, 6.45) is 0. The fraction of sp³-hybridized carbons (Fsp3) is 0.708. The number of piperazine rings is 1. The fourth-order valence-electron chi connectivity index (χ4n) is 3.93. The quantitative estimate of drug-likeness (QED) is 0.593. The van der Waals surface area contributed by atoms with Gasteiger partial charge in [-0.3, -0.25) is 4.90 Å². The summed E-state index contributed by atoms with van der Waals surface area (Å²) >= 11 is 0. The van der Waals surface area contributed by atoms with Gasteiger partial charge in [0.1, 0.15) is 18.1 Å². The zero-order valence-electron chi connectivity index (χ0n) is 20.8. The van der Waals surface area contributed by atoms with Crippen molar-refractivity contribution < 1.29 is 23.7 Å². The number of carbonyl (C=O) groups excluding carboxylic acids is 1. The number of hydrogen-bond acceptors (Lipinski definition) is 7. The molecule has 2 saturated heterocycles. The molecule has 0 atom stereocenters. The molecule has 9 heteroatoms. The number of carbonyl (C=O) groups is 1. The van der Waals surface area contributed by atoms with Gasteiger partial charge in [0, 0.05) is 64.6 Å². The molecular weight excluding hydrogens is 424 g/mol. The molecule has 0 bridgehead atoms. The number of ether oxygens (including phenoxy) is 4. The first-order chi connectivity index (χ1) is 15.8. The second-order valence-corrected chi connectivity index (χ2v) is 9.67. The molecule has 1 aromatic rings. The van der Waals surface area contributed by atoms with Gasteiger partial charge in [-0.15, -0.1) is 0 Å². The molecule has 1 N–H and O–H groups in total. The summed E-state index contributed by atoms with van der Waals surface area (Å²) < 4.78 is 22.7. The molecule has 2 fully saturated rings. The Balaban J connectivity index is 1.80. The molecule has 2 aliphatic rings. The summed E-state index contributed by atoms with van der Waals surface area (Å²) in [5, 5.41) is 3.08. The zero-order chi connectivity index (χ0) is 23.8. The van der Waals surface area contributed by atoms with Crippen LogP contribution in [0.1, 0.15) is 26.3 Å². The van der Waals surface area contributed by atoms with E-state index in [1.807, 2.05) is 17.0 Å². The van der Waals surface area contributed by atoms with E-state index in [2.05, 4.69) is 42.9 Å². The minimum absolute atomic E-state index is 0.0949. The Morgan fingerprint density at radius 2 is 1.76 bits per heavy atom. The molecule has 0 aliphatic carbocycles. The van der Waals surface area contributed by atoms with Gasteiger partial charge in [-0.1, -0.05) is 20.8 Å². The predicted octanol–water partition coefficient (Wildman–Crippen LogP) is 2.46. The molecule has 2 amide bonds. The Morgan fingerprint density at radius 1 is 1.06 bits per heavy atom. The maximum atomic E-state index is 13.0. The Hall–Kier alpha value is -2.07. The molecule has 0 aromatic heterocycles. The van der Waals surface area contributed by atoms with Gasteiger partial charge in [0.15, 0.2) is 6.79 Å². The SMILES string of the molecule is COCOc1c(NC(=O)N2CCN(C)CC2)cc(OCCN2CCOCC2)cc1C(C)(C)C. The first-order valence-electron chi connectivity index (χ1n) is 11.8. The van der Waals surface area contributed by atoms with Crippen LogP contribution in [0.4, 0.5) is 10.5 Å². The number of nitrogens with one attached hydrogen (secondary N) is 1. The van der Waals surface area contributed by atoms with E-state index in [0.717, 1.165) is 51.5 Å². The van der Waals surface area contributed by atoms with Crippen LogP contribution in [0.3, 0.4) is 0 Å². The summed E-state index contributed by atoms with van der Waals surface area (Å²) in [5.41, 5.74) is 1.34. The molecule has 0 spiro atoms. The lowest BCUT2D eigenvalue weighted by atomic mass is 9.85. The first-order valence-corrected chi connectivity index (χ1v) is 11.8. The number of methoxy groups -OCH3 is 1. The van der Waals surface area contributed by atoms with Crippen LogP contribution in [-0.2, 0) is 14.9 Å². The Morgan fingerprint density at radius 3 is 2.39 bits per heavy atom. The monoisotopic (exact) mass is 464 g/mol. The Bertz CT molecular complexity index is 769. The van der Waals surface area contributed by atoms with Gasteiger partial charge in [-0.25, -0.2) is 4.79 Å². The van der Waals surface area contributed by atoms with Gasteiger partial charge in [0.2, 0.25) is 0 Å². The lowest BCUT2D eigenvalue weighted by Crippen LogP contribution is -2.48. The van der Waals surface area contributed by atoms with Crippen molar-refractivity contribution in [1.29, 1.82) is 0 Å². The molecule has 1 aromatic carbocycles. The van der Waals surface area contributed by atoms with Crippen LogP contribution >= 0.6 is 0 Å². The number of amides is 2. The van der Waals surface area contributed by atoms with Crippen molar-refractivity contribution in [2.75, 3.05) is 91.9 Å². The molecule has 2 heterocycles. The highest BCUT2D eigenvalue weighted by Crippen LogP contribution is 2.41. The third kappa shape index (κ3) is 7.46. The van der Waals surface area contributed by atoms with Gasteiger partial charge in [-0.05, 0) is 18.5 Å². The van der Waals surface area contributed by atoms with E-state index in [1.165, 1.54) is 0 Å². The van der Waals surface area contributed by atoms with Gasteiger partial charge in [0.05, 0.1) is 18.9 Å². The maximum Gasteiger partial charge on any atom is 0.322 e. The average Bonchev–Trinajstić information content (AvgIpc) is 2.78. The van der Waals surface area contributed by atoms with Crippen molar-refractivity contribution in [2.45, 2.75) is 26.2 Å². The van der Waals surface area contributed by atoms with Crippen molar-refractivity contribution in [2.24, 2.45) is 0 Å². The molecule has 186 valence electrons. The lowest BCUT2D eigenvalue weighted by molar-refractivity contribution is 0.0322. The van der Waals surface area contributed by atoms with Crippen molar-refractivity contribution >= 4 is 11.7 Å². The van der Waals surface area contributed by atoms with Crippen LogP contribution in [-0.4, -0.2) is 107 Å². The molecule has 0 unspecified atom stereocenters. The van der Waals surface area contributed by atoms with E-state index < -0.39 is 0 Å². The minimum Gasteiger partial charge on any atom is -0.492 e. The number of anilines is 1. The van der Waals surface area contributed by atoms with E-state index >= 15 is 0 Å². The van der Waals surface area contributed by atoms with Crippen LogP contribution in [0.25, 0.3) is 0 Å². The smallest absolute Gasteiger partial charge is 0.322 e. The maximum absolute atomic E-state index is 13.0. The van der Waals surface area contributed by atoms with E-state index in [9.17, 15) is 4.79 Å². The van der Waals surface area contributed by atoms with Crippen LogP contribution in [0.15, 0.2) is 12.1 Å². The number of urea groups is 1. The molecule has 33 heavy (non-hydrogen) atoms. The number of nitrogens with zero attached hydrogens (tertiary/aromatic N) is 3. The number of hydrogen-bond donors (Lipinski definition) is 1. The van der Waals surface area contributed by atoms with E-state index in [-0.39, 0.29) is 18.2 Å². The second kappa shape index (κ2) is 11.9. The van der Waals surface area contributed by atoms with Crippen LogP contribution in [0.2, 0.25) is 0 Å². The topological polar surface area (TPSA) is 75.7 Å². The van der Waals surface area contributed by atoms with Gasteiger partial charge in [-0.2, -0.15) is 0 Å². The van der Waals surface area contributed by atoms with Gasteiger partial charge < -0.3 is 34.1 Å². The molecule has 0 radical (unpaired) electrons. The average molecular weight is 465 g/mol. The Kier molecular flexibility index (Phi) is 9.19. The predicted molar refractivity (Wildman–Crippen MR) is 128 cm³/mol. The van der Waals surface area contributed by atoms with Crippen LogP contribution in [0.5, 0.6) is 11.5 Å². The highest BCUT2D eigenvalue weighted by atomic mass is 16.7. The Labute approximate surface area is 197 Å². The highest BCUT2D eigenvalue weighted by molar-refractivity contribution is 5.92. The zero-order valence-corrected chi connectivity index (χ0v) is 20.8. The summed E-state index contributed by atoms with van der Waals surface area (Å²) in [4.78, 5) is 19.4. The summed E-state index contributed by atoms with van der Waals surface area (Å²) in [6.45, 7) is 14.3.